The summed E-state index contributed by atoms with van der Waals surface area (Å²) in [5.41, 5.74) is 3.73. The zero-order valence-corrected chi connectivity index (χ0v) is 14.0. The Balaban J connectivity index is 1.80. The molecule has 0 spiro atoms. The minimum absolute atomic E-state index is 0.116. The van der Waals surface area contributed by atoms with Crippen molar-refractivity contribution in [1.82, 2.24) is 10.4 Å². The molecule has 1 amide bonds. The van der Waals surface area contributed by atoms with E-state index in [0.717, 1.165) is 5.39 Å². The molecule has 1 aromatic heterocycles. The number of para-hydroxylation sites is 1. The molecule has 0 aliphatic heterocycles. The molecule has 3 aromatic rings. The van der Waals surface area contributed by atoms with E-state index < -0.39 is 5.91 Å². The van der Waals surface area contributed by atoms with Gasteiger partial charge in [0.2, 0.25) is 0 Å². The Hall–Kier alpha value is -3.12. The summed E-state index contributed by atoms with van der Waals surface area (Å²) in [7, 11) is 1.58. The van der Waals surface area contributed by atoms with Crippen LogP contribution in [0.2, 0.25) is 5.15 Å². The number of amides is 1. The van der Waals surface area contributed by atoms with Crippen LogP contribution in [-0.4, -0.2) is 29.3 Å². The average Bonchev–Trinajstić information content (AvgIpc) is 2.62. The van der Waals surface area contributed by atoms with Gasteiger partial charge >= 0.3 is 0 Å². The smallest absolute Gasteiger partial charge is 0.275 e. The number of phenols is 1. The Kier molecular flexibility index (Phi) is 4.81. The molecule has 3 rings (SSSR count). The third-order valence-electron chi connectivity index (χ3n) is 3.52. The SMILES string of the molecule is COc1ccc2cc(C=NNC(=O)c3ccccc3O)c(Cl)nc2c1. The number of methoxy groups -OCH3 is 1. The van der Waals surface area contributed by atoms with Crippen molar-refractivity contribution >= 4 is 34.6 Å². The summed E-state index contributed by atoms with van der Waals surface area (Å²) in [5.74, 6) is 0.0472. The molecule has 0 radical (unpaired) electrons. The molecule has 0 unspecified atom stereocenters. The molecule has 0 aliphatic carbocycles. The molecular weight excluding hydrogens is 342 g/mol. The lowest BCUT2D eigenvalue weighted by atomic mass is 10.1. The van der Waals surface area contributed by atoms with Crippen molar-refractivity contribution in [2.45, 2.75) is 0 Å². The lowest BCUT2D eigenvalue weighted by Crippen LogP contribution is -2.17. The Morgan fingerprint density at radius 3 is 2.84 bits per heavy atom. The van der Waals surface area contributed by atoms with E-state index >= 15 is 0 Å². The Morgan fingerprint density at radius 1 is 1.28 bits per heavy atom. The summed E-state index contributed by atoms with van der Waals surface area (Å²) in [4.78, 5) is 16.3. The van der Waals surface area contributed by atoms with Crippen LogP contribution in [0.5, 0.6) is 11.5 Å². The van der Waals surface area contributed by atoms with Gasteiger partial charge in [-0.05, 0) is 30.3 Å². The maximum absolute atomic E-state index is 12.0. The number of fused-ring (bicyclic) bond motifs is 1. The second kappa shape index (κ2) is 7.19. The second-order valence-electron chi connectivity index (χ2n) is 5.14. The van der Waals surface area contributed by atoms with Crippen LogP contribution in [0.3, 0.4) is 0 Å². The van der Waals surface area contributed by atoms with Crippen LogP contribution in [0.4, 0.5) is 0 Å². The Bertz CT molecular complexity index is 973. The van der Waals surface area contributed by atoms with Gasteiger partial charge in [0.15, 0.2) is 0 Å². The second-order valence-corrected chi connectivity index (χ2v) is 5.50. The number of halogens is 1. The van der Waals surface area contributed by atoms with Crippen molar-refractivity contribution < 1.29 is 14.6 Å². The first-order valence-electron chi connectivity index (χ1n) is 7.34. The minimum Gasteiger partial charge on any atom is -0.507 e. The van der Waals surface area contributed by atoms with Crippen LogP contribution in [0.15, 0.2) is 53.6 Å². The first-order valence-corrected chi connectivity index (χ1v) is 7.72. The number of aromatic hydroxyl groups is 1. The number of nitrogens with zero attached hydrogens (tertiary/aromatic N) is 2. The van der Waals surface area contributed by atoms with E-state index in [9.17, 15) is 9.90 Å². The highest BCUT2D eigenvalue weighted by Crippen LogP contribution is 2.23. The Morgan fingerprint density at radius 2 is 2.08 bits per heavy atom. The summed E-state index contributed by atoms with van der Waals surface area (Å²) < 4.78 is 5.16. The fourth-order valence-electron chi connectivity index (χ4n) is 2.24. The van der Waals surface area contributed by atoms with Gasteiger partial charge in [-0.15, -0.1) is 0 Å². The number of rotatable bonds is 4. The summed E-state index contributed by atoms with van der Waals surface area (Å²) in [6.07, 6.45) is 1.40. The van der Waals surface area contributed by atoms with Gasteiger partial charge in [0.25, 0.3) is 5.91 Å². The molecule has 0 fully saturated rings. The Labute approximate surface area is 148 Å². The molecule has 0 aliphatic rings. The van der Waals surface area contributed by atoms with Crippen LogP contribution in [0, 0.1) is 0 Å². The maximum Gasteiger partial charge on any atom is 0.275 e. The van der Waals surface area contributed by atoms with Gasteiger partial charge in [0.1, 0.15) is 16.7 Å². The van der Waals surface area contributed by atoms with Crippen LogP contribution in [-0.2, 0) is 0 Å². The first kappa shape index (κ1) is 16.7. The van der Waals surface area contributed by atoms with Crippen molar-refractivity contribution in [2.24, 2.45) is 5.10 Å². The van der Waals surface area contributed by atoms with Crippen LogP contribution < -0.4 is 10.2 Å². The van der Waals surface area contributed by atoms with Crippen molar-refractivity contribution in [1.29, 1.82) is 0 Å². The lowest BCUT2D eigenvalue weighted by Gasteiger charge is -2.05. The zero-order chi connectivity index (χ0) is 17.8. The number of carbonyl (C=O) groups is 1. The number of ether oxygens (including phenoxy) is 1. The van der Waals surface area contributed by atoms with Gasteiger partial charge in [-0.2, -0.15) is 5.10 Å². The fraction of sp³-hybridized carbons (Fsp3) is 0.0556. The van der Waals surface area contributed by atoms with Crippen molar-refractivity contribution in [2.75, 3.05) is 7.11 Å². The summed E-state index contributed by atoms with van der Waals surface area (Å²) in [6, 6.07) is 13.5. The van der Waals surface area contributed by atoms with Gasteiger partial charge in [0.05, 0.1) is 24.4 Å². The average molecular weight is 356 g/mol. The molecule has 6 nitrogen and oxygen atoms in total. The molecule has 1 heterocycles. The molecule has 0 bridgehead atoms. The monoisotopic (exact) mass is 355 g/mol. The number of pyridine rings is 1. The van der Waals surface area contributed by atoms with E-state index in [1.165, 1.54) is 18.3 Å². The summed E-state index contributed by atoms with van der Waals surface area (Å²) >= 11 is 6.16. The van der Waals surface area contributed by atoms with E-state index in [4.69, 9.17) is 16.3 Å². The van der Waals surface area contributed by atoms with E-state index in [1.807, 2.05) is 12.1 Å². The highest BCUT2D eigenvalue weighted by Gasteiger charge is 2.09. The molecule has 2 N–H and O–H groups in total. The normalized spacial score (nSPS) is 11.0. The van der Waals surface area contributed by atoms with Crippen LogP contribution in [0.1, 0.15) is 15.9 Å². The minimum atomic E-state index is -0.524. The van der Waals surface area contributed by atoms with Crippen molar-refractivity contribution in [3.63, 3.8) is 0 Å². The van der Waals surface area contributed by atoms with Gasteiger partial charge in [0, 0.05) is 17.0 Å². The predicted molar refractivity (Wildman–Crippen MR) is 96.5 cm³/mol. The third kappa shape index (κ3) is 3.70. The van der Waals surface area contributed by atoms with Gasteiger partial charge in [-0.1, -0.05) is 23.7 Å². The zero-order valence-electron chi connectivity index (χ0n) is 13.2. The molecule has 126 valence electrons. The number of phenolic OH excluding ortho intramolecular Hbond substituents is 1. The molecule has 0 saturated carbocycles. The summed E-state index contributed by atoms with van der Waals surface area (Å²) in [6.45, 7) is 0. The van der Waals surface area contributed by atoms with Crippen molar-refractivity contribution in [3.8, 4) is 11.5 Å². The largest absolute Gasteiger partial charge is 0.507 e. The molecule has 25 heavy (non-hydrogen) atoms. The predicted octanol–water partition coefficient (Wildman–Crippen LogP) is 3.37. The van der Waals surface area contributed by atoms with E-state index in [1.54, 1.807) is 31.4 Å². The highest BCUT2D eigenvalue weighted by molar-refractivity contribution is 6.32. The first-order chi connectivity index (χ1) is 12.1. The number of hydrogen-bond donors (Lipinski definition) is 2. The van der Waals surface area contributed by atoms with Crippen LogP contribution >= 0.6 is 11.6 Å². The van der Waals surface area contributed by atoms with E-state index in [0.29, 0.717) is 16.8 Å². The van der Waals surface area contributed by atoms with Gasteiger partial charge in [-0.3, -0.25) is 4.79 Å². The number of hydrazone groups is 1. The van der Waals surface area contributed by atoms with Crippen LogP contribution in [0.25, 0.3) is 10.9 Å². The fourth-order valence-corrected chi connectivity index (χ4v) is 2.44. The maximum atomic E-state index is 12.0. The highest BCUT2D eigenvalue weighted by atomic mass is 35.5. The number of aromatic nitrogens is 1. The van der Waals surface area contributed by atoms with E-state index in [2.05, 4.69) is 15.5 Å². The molecule has 2 aromatic carbocycles. The number of hydrogen-bond acceptors (Lipinski definition) is 5. The standard InChI is InChI=1S/C18H14ClN3O3/c1-25-13-7-6-11-8-12(17(19)21-15(11)9-13)10-20-22-18(24)14-4-2-3-5-16(14)23/h2-10,23H,1H3,(H,22,24). The topological polar surface area (TPSA) is 83.8 Å². The molecule has 0 atom stereocenters. The third-order valence-corrected chi connectivity index (χ3v) is 3.83. The quantitative estimate of drug-likeness (QED) is 0.427. The molecule has 7 heteroatoms. The lowest BCUT2D eigenvalue weighted by molar-refractivity contribution is 0.0952. The van der Waals surface area contributed by atoms with Crippen molar-refractivity contribution in [3.05, 3.63) is 64.8 Å². The summed E-state index contributed by atoms with van der Waals surface area (Å²) in [5, 5.41) is 14.6. The van der Waals surface area contributed by atoms with Gasteiger partial charge in [-0.25, -0.2) is 10.4 Å². The number of carbonyl (C=O) groups excluding carboxylic acids is 1. The number of nitrogens with one attached hydrogen (secondary N) is 1. The molecular formula is C18H14ClN3O3. The van der Waals surface area contributed by atoms with Gasteiger partial charge < -0.3 is 9.84 Å². The van der Waals surface area contributed by atoms with E-state index in [-0.39, 0.29) is 16.5 Å². The molecule has 0 saturated heterocycles. The number of benzene rings is 2.